The van der Waals surface area contributed by atoms with Crippen LogP contribution in [0.4, 0.5) is 16.2 Å². The van der Waals surface area contributed by atoms with E-state index in [0.29, 0.717) is 17.3 Å². The van der Waals surface area contributed by atoms with Gasteiger partial charge in [0.1, 0.15) is 0 Å². The molecule has 0 bridgehead atoms. The Bertz CT molecular complexity index is 1030. The number of nitro groups is 2. The molecule has 1 heterocycles. The van der Waals surface area contributed by atoms with E-state index in [9.17, 15) is 34.9 Å². The summed E-state index contributed by atoms with van der Waals surface area (Å²) in [5.41, 5.74) is 0.199. The first-order valence-corrected chi connectivity index (χ1v) is 8.54. The molecule has 11 heteroatoms. The summed E-state index contributed by atoms with van der Waals surface area (Å²) in [5, 5.41) is 30.5. The minimum Gasteiger partial charge on any atom is -0.502 e. The van der Waals surface area contributed by atoms with Crippen LogP contribution in [0.5, 0.6) is 5.75 Å². The van der Waals surface area contributed by atoms with E-state index in [4.69, 9.17) is 0 Å². The van der Waals surface area contributed by atoms with Crippen molar-refractivity contribution < 1.29 is 24.5 Å². The Kier molecular flexibility index (Phi) is 5.09. The number of thioether (sulfide) groups is 1. The van der Waals surface area contributed by atoms with Crippen LogP contribution in [0.25, 0.3) is 6.08 Å². The number of carbonyl (C=O) groups is 2. The zero-order chi connectivity index (χ0) is 20.4. The lowest BCUT2D eigenvalue weighted by atomic mass is 10.1. The summed E-state index contributed by atoms with van der Waals surface area (Å²) in [6.45, 7) is -0.0598. The molecule has 0 atom stereocenters. The van der Waals surface area contributed by atoms with E-state index in [1.807, 2.05) is 0 Å². The van der Waals surface area contributed by atoms with Gasteiger partial charge in [0.2, 0.25) is 0 Å². The number of hydrogen-bond acceptors (Lipinski definition) is 8. The number of nitrogens with zero attached hydrogens (tertiary/aromatic N) is 3. The summed E-state index contributed by atoms with van der Waals surface area (Å²) >= 11 is 0.680. The Morgan fingerprint density at radius 3 is 2.32 bits per heavy atom. The van der Waals surface area contributed by atoms with Crippen molar-refractivity contribution >= 4 is 40.4 Å². The van der Waals surface area contributed by atoms with E-state index in [1.165, 1.54) is 36.4 Å². The molecule has 1 fully saturated rings. The van der Waals surface area contributed by atoms with Gasteiger partial charge in [-0.2, -0.15) is 0 Å². The maximum atomic E-state index is 12.5. The van der Waals surface area contributed by atoms with E-state index in [2.05, 4.69) is 0 Å². The van der Waals surface area contributed by atoms with Gasteiger partial charge in [0, 0.05) is 18.2 Å². The summed E-state index contributed by atoms with van der Waals surface area (Å²) in [6, 6.07) is 9.07. The van der Waals surface area contributed by atoms with Gasteiger partial charge in [0.05, 0.1) is 21.3 Å². The molecular formula is C17H11N3O7S. The smallest absolute Gasteiger partial charge is 0.311 e. The van der Waals surface area contributed by atoms with Gasteiger partial charge < -0.3 is 5.11 Å². The topological polar surface area (TPSA) is 144 Å². The molecule has 0 radical (unpaired) electrons. The Morgan fingerprint density at radius 1 is 1.04 bits per heavy atom. The average molecular weight is 401 g/mol. The van der Waals surface area contributed by atoms with Crippen LogP contribution in [0.3, 0.4) is 0 Å². The summed E-state index contributed by atoms with van der Waals surface area (Å²) in [6.07, 6.45) is 1.33. The average Bonchev–Trinajstić information content (AvgIpc) is 2.91. The van der Waals surface area contributed by atoms with Crippen LogP contribution in [0.2, 0.25) is 0 Å². The predicted octanol–water partition coefficient (Wildman–Crippen LogP) is 3.45. The predicted molar refractivity (Wildman–Crippen MR) is 99.4 cm³/mol. The zero-order valence-electron chi connectivity index (χ0n) is 14.0. The molecule has 0 aromatic heterocycles. The second-order valence-corrected chi connectivity index (χ2v) is 6.69. The van der Waals surface area contributed by atoms with E-state index in [0.717, 1.165) is 17.0 Å². The summed E-state index contributed by atoms with van der Waals surface area (Å²) < 4.78 is 0. The van der Waals surface area contributed by atoms with Gasteiger partial charge in [-0.05, 0) is 35.0 Å². The van der Waals surface area contributed by atoms with Gasteiger partial charge in [0.15, 0.2) is 5.75 Å². The number of phenolic OH excluding ortho intramolecular Hbond substituents is 1. The van der Waals surface area contributed by atoms with Crippen LogP contribution >= 0.6 is 11.8 Å². The molecule has 3 rings (SSSR count). The molecule has 0 aliphatic carbocycles. The highest BCUT2D eigenvalue weighted by molar-refractivity contribution is 8.18. The first-order valence-electron chi connectivity index (χ1n) is 7.72. The van der Waals surface area contributed by atoms with Crippen molar-refractivity contribution in [2.45, 2.75) is 6.54 Å². The van der Waals surface area contributed by atoms with Crippen LogP contribution in [0, 0.1) is 20.2 Å². The van der Waals surface area contributed by atoms with Gasteiger partial charge in [-0.15, -0.1) is 0 Å². The number of carbonyl (C=O) groups excluding carboxylic acids is 2. The highest BCUT2D eigenvalue weighted by atomic mass is 32.2. The van der Waals surface area contributed by atoms with Crippen LogP contribution in [-0.2, 0) is 11.3 Å². The second kappa shape index (κ2) is 7.48. The molecular weight excluding hydrogens is 390 g/mol. The van der Waals surface area contributed by atoms with Crippen LogP contribution in [0.1, 0.15) is 11.1 Å². The molecule has 1 aliphatic heterocycles. The molecule has 0 saturated carbocycles. The number of rotatable bonds is 5. The van der Waals surface area contributed by atoms with E-state index in [-0.39, 0.29) is 22.7 Å². The van der Waals surface area contributed by atoms with Gasteiger partial charge in [-0.3, -0.25) is 34.7 Å². The fraction of sp³-hybridized carbons (Fsp3) is 0.0588. The molecule has 0 spiro atoms. The minimum atomic E-state index is -0.757. The normalized spacial score (nSPS) is 15.3. The lowest BCUT2D eigenvalue weighted by Crippen LogP contribution is -2.27. The number of aromatic hydroxyl groups is 1. The molecule has 2 amide bonds. The maximum absolute atomic E-state index is 12.5. The highest BCUT2D eigenvalue weighted by Gasteiger charge is 2.35. The van der Waals surface area contributed by atoms with Gasteiger partial charge in [-0.25, -0.2) is 0 Å². The van der Waals surface area contributed by atoms with Crippen LogP contribution < -0.4 is 0 Å². The number of amides is 2. The van der Waals surface area contributed by atoms with Crippen LogP contribution in [-0.4, -0.2) is 31.0 Å². The Morgan fingerprint density at radius 2 is 1.71 bits per heavy atom. The van der Waals surface area contributed by atoms with Gasteiger partial charge in [-0.1, -0.05) is 18.2 Å². The van der Waals surface area contributed by atoms with Crippen molar-refractivity contribution in [1.82, 2.24) is 4.90 Å². The quantitative estimate of drug-likeness (QED) is 0.456. The summed E-state index contributed by atoms with van der Waals surface area (Å²) in [7, 11) is 0. The van der Waals surface area contributed by atoms with Crippen molar-refractivity contribution in [3.05, 3.63) is 78.7 Å². The Balaban J connectivity index is 1.81. The third-order valence-corrected chi connectivity index (χ3v) is 4.76. The number of benzene rings is 2. The number of non-ortho nitro benzene ring substituents is 1. The first kappa shape index (κ1) is 19.0. The molecule has 0 unspecified atom stereocenters. The van der Waals surface area contributed by atoms with Crippen molar-refractivity contribution in [3.8, 4) is 5.75 Å². The van der Waals surface area contributed by atoms with E-state index < -0.39 is 32.4 Å². The highest BCUT2D eigenvalue weighted by Crippen LogP contribution is 2.35. The molecule has 1 saturated heterocycles. The third-order valence-electron chi connectivity index (χ3n) is 3.86. The summed E-state index contributed by atoms with van der Waals surface area (Å²) in [5.74, 6) is -1.09. The molecule has 1 aliphatic rings. The van der Waals surface area contributed by atoms with Gasteiger partial charge >= 0.3 is 5.69 Å². The van der Waals surface area contributed by atoms with Crippen LogP contribution in [0.15, 0.2) is 47.4 Å². The maximum Gasteiger partial charge on any atom is 0.311 e. The van der Waals surface area contributed by atoms with Crippen molar-refractivity contribution in [1.29, 1.82) is 0 Å². The standard InChI is InChI=1S/C17H11N3O7S/c21-14-6-3-11(7-13(14)20(26)27)8-15-16(22)18(17(23)28-15)9-10-1-4-12(5-2-10)19(24)25/h1-8,21H,9H2. The zero-order valence-corrected chi connectivity index (χ0v) is 14.8. The van der Waals surface area contributed by atoms with Crippen molar-refractivity contribution in [3.63, 3.8) is 0 Å². The fourth-order valence-electron chi connectivity index (χ4n) is 2.47. The molecule has 1 N–H and O–H groups in total. The molecule has 2 aromatic carbocycles. The lowest BCUT2D eigenvalue weighted by Gasteiger charge is -2.12. The fourth-order valence-corrected chi connectivity index (χ4v) is 3.31. The van der Waals surface area contributed by atoms with Crippen molar-refractivity contribution in [2.75, 3.05) is 0 Å². The second-order valence-electron chi connectivity index (χ2n) is 5.70. The van der Waals surface area contributed by atoms with Crippen molar-refractivity contribution in [2.24, 2.45) is 0 Å². The molecule has 142 valence electrons. The van der Waals surface area contributed by atoms with E-state index in [1.54, 1.807) is 0 Å². The molecule has 10 nitrogen and oxygen atoms in total. The minimum absolute atomic E-state index is 0.0598. The first-order chi connectivity index (χ1) is 13.3. The monoisotopic (exact) mass is 401 g/mol. The number of phenols is 1. The third kappa shape index (κ3) is 3.83. The lowest BCUT2D eigenvalue weighted by molar-refractivity contribution is -0.385. The number of hydrogen-bond donors (Lipinski definition) is 1. The number of nitro benzene ring substituents is 2. The Labute approximate surface area is 161 Å². The SMILES string of the molecule is O=C1SC(=Cc2ccc(O)c([N+](=O)[O-])c2)C(=O)N1Cc1ccc([N+](=O)[O-])cc1. The largest absolute Gasteiger partial charge is 0.502 e. The molecule has 2 aromatic rings. The van der Waals surface area contributed by atoms with Gasteiger partial charge in [0.25, 0.3) is 16.8 Å². The van der Waals surface area contributed by atoms with E-state index >= 15 is 0 Å². The molecule has 28 heavy (non-hydrogen) atoms. The summed E-state index contributed by atoms with van der Waals surface area (Å²) in [4.78, 5) is 46.0. The Hall–Kier alpha value is -3.73. The number of imide groups is 1.